The van der Waals surface area contributed by atoms with Crippen LogP contribution in [-0.2, 0) is 11.3 Å². The van der Waals surface area contributed by atoms with Crippen molar-refractivity contribution in [2.45, 2.75) is 38.1 Å². The molecule has 1 saturated carbocycles. The van der Waals surface area contributed by atoms with Gasteiger partial charge in [-0.15, -0.1) is 5.10 Å². The summed E-state index contributed by atoms with van der Waals surface area (Å²) >= 11 is 0. The number of fused-ring (bicyclic) bond motifs is 1. The number of halogens is 2. The molecule has 0 bridgehead atoms. The predicted octanol–water partition coefficient (Wildman–Crippen LogP) is 5.05. The molecule has 8 rings (SSSR count). The van der Waals surface area contributed by atoms with Crippen LogP contribution in [0.1, 0.15) is 53.3 Å². The molecule has 4 aromatic heterocycles. The summed E-state index contributed by atoms with van der Waals surface area (Å²) in [5.74, 6) is -0.0502. The van der Waals surface area contributed by atoms with Crippen molar-refractivity contribution in [3.05, 3.63) is 89.8 Å². The van der Waals surface area contributed by atoms with E-state index in [1.165, 1.54) is 13.2 Å². The molecular formula is C37H37F2N9O3. The van der Waals surface area contributed by atoms with Crippen molar-refractivity contribution in [1.29, 1.82) is 0 Å². The molecule has 1 N–H and O–H groups in total. The second-order valence-corrected chi connectivity index (χ2v) is 13.2. The summed E-state index contributed by atoms with van der Waals surface area (Å²) in [6.07, 6.45) is 11.2. The summed E-state index contributed by atoms with van der Waals surface area (Å²) in [5.41, 5.74) is 4.31. The molecule has 6 heterocycles. The van der Waals surface area contributed by atoms with Gasteiger partial charge in [0.25, 0.3) is 5.91 Å². The molecule has 1 saturated heterocycles. The molecular weight excluding hydrogens is 656 g/mol. The second kappa shape index (κ2) is 13.6. The number of ether oxygens (including phenoxy) is 1. The first kappa shape index (κ1) is 32.5. The fraction of sp³-hybridized carbons (Fsp3) is 0.351. The molecule has 262 valence electrons. The number of nitrogens with zero attached hydrogens (tertiary/aromatic N) is 8. The Hall–Kier alpha value is -5.66. The van der Waals surface area contributed by atoms with Gasteiger partial charge in [0, 0.05) is 86.6 Å². The van der Waals surface area contributed by atoms with Crippen LogP contribution in [0.5, 0.6) is 5.75 Å². The van der Waals surface area contributed by atoms with Gasteiger partial charge in [-0.3, -0.25) is 19.3 Å². The van der Waals surface area contributed by atoms with Crippen molar-refractivity contribution in [2.75, 3.05) is 51.3 Å². The number of amides is 2. The van der Waals surface area contributed by atoms with Crippen LogP contribution in [0, 0.1) is 11.6 Å². The minimum atomic E-state index is -0.488. The van der Waals surface area contributed by atoms with Crippen LogP contribution in [0.15, 0.2) is 61.2 Å². The first-order chi connectivity index (χ1) is 24.9. The zero-order valence-corrected chi connectivity index (χ0v) is 28.2. The number of methoxy groups -OCH3 is 1. The van der Waals surface area contributed by atoms with Gasteiger partial charge < -0.3 is 24.4 Å². The summed E-state index contributed by atoms with van der Waals surface area (Å²) in [5, 5.41) is 8.35. The van der Waals surface area contributed by atoms with Crippen LogP contribution in [-0.4, -0.2) is 97.9 Å². The molecule has 1 aliphatic carbocycles. The lowest BCUT2D eigenvalue weighted by Gasteiger charge is -2.35. The van der Waals surface area contributed by atoms with Crippen molar-refractivity contribution in [3.63, 3.8) is 0 Å². The molecule has 2 fully saturated rings. The number of hydrogen-bond donors (Lipinski definition) is 1. The van der Waals surface area contributed by atoms with E-state index in [9.17, 15) is 14.0 Å². The number of aromatic nitrogens is 6. The molecule has 0 atom stereocenters. The Morgan fingerprint density at radius 2 is 1.82 bits per heavy atom. The highest BCUT2D eigenvalue weighted by molar-refractivity contribution is 6.05. The van der Waals surface area contributed by atoms with E-state index in [1.54, 1.807) is 39.1 Å². The van der Waals surface area contributed by atoms with Gasteiger partial charge in [-0.05, 0) is 48.6 Å². The average Bonchev–Trinajstić information content (AvgIpc) is 3.68. The quantitative estimate of drug-likeness (QED) is 0.228. The topological polar surface area (TPSA) is 125 Å². The van der Waals surface area contributed by atoms with Crippen molar-refractivity contribution in [2.24, 2.45) is 0 Å². The monoisotopic (exact) mass is 693 g/mol. The molecule has 0 spiro atoms. The molecule has 2 aliphatic heterocycles. The number of carbonyl (C=O) groups is 2. The fourth-order valence-electron chi connectivity index (χ4n) is 7.12. The van der Waals surface area contributed by atoms with E-state index in [-0.39, 0.29) is 36.0 Å². The van der Waals surface area contributed by atoms with E-state index in [4.69, 9.17) is 9.72 Å². The lowest BCUT2D eigenvalue weighted by Crippen LogP contribution is -2.49. The highest BCUT2D eigenvalue weighted by atomic mass is 19.1. The van der Waals surface area contributed by atoms with Gasteiger partial charge >= 0.3 is 0 Å². The number of nitrogens with one attached hydrogen (secondary N) is 1. The zero-order valence-electron chi connectivity index (χ0n) is 28.2. The molecule has 0 radical (unpaired) electrons. The van der Waals surface area contributed by atoms with Crippen molar-refractivity contribution in [3.8, 4) is 16.9 Å². The van der Waals surface area contributed by atoms with Gasteiger partial charge in [0.05, 0.1) is 37.3 Å². The first-order valence-corrected chi connectivity index (χ1v) is 17.2. The molecule has 1 aromatic carbocycles. The number of H-pyrrole nitrogens is 1. The van der Waals surface area contributed by atoms with Gasteiger partial charge in [-0.1, -0.05) is 17.4 Å². The number of carbonyl (C=O) groups excluding carboxylic acids is 2. The smallest absolute Gasteiger partial charge is 0.270 e. The number of anilines is 1. The van der Waals surface area contributed by atoms with E-state index < -0.39 is 11.6 Å². The third-order valence-electron chi connectivity index (χ3n) is 9.94. The Morgan fingerprint density at radius 3 is 2.59 bits per heavy atom. The highest BCUT2D eigenvalue weighted by Gasteiger charge is 2.31. The van der Waals surface area contributed by atoms with E-state index in [0.29, 0.717) is 74.1 Å². The molecule has 14 heteroatoms. The SMILES string of the molecule is COc1cc(F)cnc1N1CCN(C(=O)c2cc3c(-c4cccnc4C4CC4)cc(C4=CCCN(C(=O)CCn5ccnn5)C4)c(F)c3[nH]2)CC1. The van der Waals surface area contributed by atoms with Crippen molar-refractivity contribution in [1.82, 2.24) is 39.7 Å². The number of hydrogen-bond acceptors (Lipinski definition) is 8. The summed E-state index contributed by atoms with van der Waals surface area (Å²) < 4.78 is 37.5. The lowest BCUT2D eigenvalue weighted by molar-refractivity contribution is -0.131. The summed E-state index contributed by atoms with van der Waals surface area (Å²) in [7, 11) is 1.47. The summed E-state index contributed by atoms with van der Waals surface area (Å²) in [6, 6.07) is 8.79. The third-order valence-corrected chi connectivity index (χ3v) is 9.94. The lowest BCUT2D eigenvalue weighted by atomic mass is 9.92. The van der Waals surface area contributed by atoms with Crippen LogP contribution in [0.3, 0.4) is 0 Å². The molecule has 12 nitrogen and oxygen atoms in total. The van der Waals surface area contributed by atoms with E-state index in [2.05, 4.69) is 20.3 Å². The fourth-order valence-corrected chi connectivity index (χ4v) is 7.12. The van der Waals surface area contributed by atoms with Crippen molar-refractivity contribution < 1.29 is 23.1 Å². The van der Waals surface area contributed by atoms with E-state index in [0.717, 1.165) is 41.4 Å². The number of piperazine rings is 1. The maximum atomic E-state index is 16.8. The molecule has 3 aliphatic rings. The normalized spacial score (nSPS) is 16.5. The van der Waals surface area contributed by atoms with Gasteiger partial charge in [-0.2, -0.15) is 0 Å². The maximum absolute atomic E-state index is 16.8. The summed E-state index contributed by atoms with van der Waals surface area (Å²) in [4.78, 5) is 44.7. The van der Waals surface area contributed by atoms with Crippen LogP contribution < -0.4 is 9.64 Å². The number of aryl methyl sites for hydroxylation is 1. The van der Waals surface area contributed by atoms with Gasteiger partial charge in [0.15, 0.2) is 17.4 Å². The van der Waals surface area contributed by atoms with Crippen LogP contribution in [0.25, 0.3) is 27.6 Å². The predicted molar refractivity (Wildman–Crippen MR) is 186 cm³/mol. The Balaban J connectivity index is 1.10. The zero-order chi connectivity index (χ0) is 35.1. The van der Waals surface area contributed by atoms with Crippen LogP contribution >= 0.6 is 0 Å². The Labute approximate surface area is 292 Å². The standard InChI is InChI=1S/C37H37F2N9O3/c1-51-31-18-25(38)21-41-36(31)45-14-16-46(17-15-45)37(50)30-20-29-28(26-5-2-9-40-34(26)23-6-7-23)19-27(33(39)35(29)43-30)24-4-3-11-47(22-24)32(49)8-12-48-13-10-42-44-48/h2,4-5,9-10,13,18-21,23,43H,3,6-8,11-12,14-17,22H2,1H3. The summed E-state index contributed by atoms with van der Waals surface area (Å²) in [6.45, 7) is 2.93. The Bertz CT molecular complexity index is 2140. The third kappa shape index (κ3) is 6.41. The second-order valence-electron chi connectivity index (χ2n) is 13.2. The van der Waals surface area contributed by atoms with Gasteiger partial charge in [0.2, 0.25) is 5.91 Å². The molecule has 2 amide bonds. The van der Waals surface area contributed by atoms with Gasteiger partial charge in [-0.25, -0.2) is 13.8 Å². The molecule has 5 aromatic rings. The Morgan fingerprint density at radius 1 is 0.980 bits per heavy atom. The Kier molecular flexibility index (Phi) is 8.66. The minimum absolute atomic E-state index is 0.0393. The molecule has 51 heavy (non-hydrogen) atoms. The minimum Gasteiger partial charge on any atom is -0.493 e. The molecule has 0 unspecified atom stereocenters. The maximum Gasteiger partial charge on any atom is 0.270 e. The number of rotatable bonds is 9. The highest BCUT2D eigenvalue weighted by Crippen LogP contribution is 2.45. The number of aromatic amines is 1. The van der Waals surface area contributed by atoms with Crippen molar-refractivity contribution >= 4 is 34.1 Å². The average molecular weight is 694 g/mol. The van der Waals surface area contributed by atoms with Gasteiger partial charge in [0.1, 0.15) is 11.5 Å². The van der Waals surface area contributed by atoms with Crippen LogP contribution in [0.2, 0.25) is 0 Å². The number of benzene rings is 1. The largest absolute Gasteiger partial charge is 0.493 e. The number of pyridine rings is 2. The van der Waals surface area contributed by atoms with E-state index in [1.807, 2.05) is 29.2 Å². The first-order valence-electron chi connectivity index (χ1n) is 17.2. The van der Waals surface area contributed by atoms with E-state index >= 15 is 4.39 Å². The van der Waals surface area contributed by atoms with Crippen LogP contribution in [0.4, 0.5) is 14.6 Å².